The first kappa shape index (κ1) is 65.5. The van der Waals surface area contributed by atoms with E-state index in [1.165, 1.54) is 42.9 Å². The number of anilines is 1. The molecule has 0 saturated heterocycles. The Bertz CT molecular complexity index is 2010. The van der Waals surface area contributed by atoms with E-state index in [4.69, 9.17) is 0 Å². The van der Waals surface area contributed by atoms with Gasteiger partial charge in [-0.1, -0.05) is 120 Å². The number of ether oxygens (including phenoxy) is 2. The summed E-state index contributed by atoms with van der Waals surface area (Å²) in [6.45, 7) is 13.8. The monoisotopic (exact) mass is 1010 g/mol. The van der Waals surface area contributed by atoms with Crippen LogP contribution in [0.4, 0.5) is 5.69 Å². The van der Waals surface area contributed by atoms with E-state index in [1.807, 2.05) is 85.7 Å². The van der Waals surface area contributed by atoms with Gasteiger partial charge in [-0.3, -0.25) is 22.1 Å². The van der Waals surface area contributed by atoms with Crippen LogP contribution in [-0.2, 0) is 79.0 Å². The van der Waals surface area contributed by atoms with E-state index < -0.39 is 43.8 Å². The van der Waals surface area contributed by atoms with Crippen molar-refractivity contribution >= 4 is 55.3 Å². The van der Waals surface area contributed by atoms with Crippen LogP contribution < -0.4 is 18.9 Å². The average molecular weight is 1010 g/mol. The molecule has 0 amide bonds. The zero-order valence-electron chi connectivity index (χ0n) is 40.7. The molecular formula is C47H74N5O11S4-3. The quantitative estimate of drug-likeness (QED) is 0.0409. The molecule has 0 aliphatic carbocycles. The summed E-state index contributed by atoms with van der Waals surface area (Å²) >= 11 is -6.39. The van der Waals surface area contributed by atoms with Gasteiger partial charge in [0, 0.05) is 84.5 Å². The fraction of sp³-hybridized carbons (Fsp3) is 0.468. The second kappa shape index (κ2) is 41.4. The Morgan fingerprint density at radius 3 is 1.46 bits per heavy atom. The van der Waals surface area contributed by atoms with E-state index >= 15 is 0 Å². The third kappa shape index (κ3) is 41.1. The lowest BCUT2D eigenvalue weighted by Crippen LogP contribution is -2.22. The van der Waals surface area contributed by atoms with Crippen molar-refractivity contribution < 1.29 is 49.0 Å². The molecule has 0 radical (unpaired) electrons. The number of methoxy groups -OCH3 is 2. The van der Waals surface area contributed by atoms with Gasteiger partial charge in [0.2, 0.25) is 10.0 Å². The first-order valence-corrected chi connectivity index (χ1v) is 26.8. The fourth-order valence-corrected chi connectivity index (χ4v) is 6.47. The molecule has 0 bridgehead atoms. The number of carbonyl (C=O) groups excluding carboxylic acids is 1. The van der Waals surface area contributed by atoms with Crippen molar-refractivity contribution in [3.63, 3.8) is 0 Å². The van der Waals surface area contributed by atoms with Crippen LogP contribution in [0.25, 0.3) is 0 Å². The maximum absolute atomic E-state index is 12.1. The Kier molecular flexibility index (Phi) is 40.4. The first-order chi connectivity index (χ1) is 31.7. The first-order valence-electron chi connectivity index (χ1n) is 21.7. The highest BCUT2D eigenvalue weighted by Gasteiger charge is 2.08. The van der Waals surface area contributed by atoms with Crippen molar-refractivity contribution in [1.82, 2.24) is 19.1 Å². The third-order valence-corrected chi connectivity index (χ3v) is 10.4. The minimum absolute atomic E-state index is 0.0934. The molecule has 67 heavy (non-hydrogen) atoms. The van der Waals surface area contributed by atoms with Crippen molar-refractivity contribution in [2.75, 3.05) is 78.7 Å². The Balaban J connectivity index is 0. The van der Waals surface area contributed by atoms with Crippen LogP contribution in [0.5, 0.6) is 0 Å². The van der Waals surface area contributed by atoms with Crippen LogP contribution in [0.1, 0.15) is 79.2 Å². The smallest absolute Gasteiger partial charge is 0.229 e. The molecule has 380 valence electrons. The Hall–Kier alpha value is -3.61. The maximum Gasteiger partial charge on any atom is 0.229 e. The second-order valence-corrected chi connectivity index (χ2v) is 19.0. The summed E-state index contributed by atoms with van der Waals surface area (Å²) in [4.78, 5) is 14.1. The lowest BCUT2D eigenvalue weighted by atomic mass is 10.0. The van der Waals surface area contributed by atoms with Gasteiger partial charge >= 0.3 is 0 Å². The zero-order valence-corrected chi connectivity index (χ0v) is 44.0. The van der Waals surface area contributed by atoms with Gasteiger partial charge in [-0.15, -0.1) is 0 Å². The number of ketones is 1. The minimum Gasteiger partial charge on any atom is -0.760 e. The second-order valence-electron chi connectivity index (χ2n) is 15.0. The number of carbonyl (C=O) groups is 1. The molecule has 0 heterocycles. The van der Waals surface area contributed by atoms with Gasteiger partial charge in [0.05, 0.1) is 19.5 Å². The van der Waals surface area contributed by atoms with Crippen molar-refractivity contribution in [1.29, 1.82) is 0 Å². The van der Waals surface area contributed by atoms with Gasteiger partial charge in [0.15, 0.2) is 5.78 Å². The number of nitrogens with one attached hydrogen (secondary N) is 4. The number of benzene rings is 4. The molecule has 0 fully saturated rings. The van der Waals surface area contributed by atoms with Crippen LogP contribution in [0, 0.1) is 5.92 Å². The van der Waals surface area contributed by atoms with Crippen LogP contribution in [0.3, 0.4) is 0 Å². The number of hydrogen-bond acceptors (Lipinski definition) is 12. The Morgan fingerprint density at radius 2 is 1.06 bits per heavy atom. The van der Waals surface area contributed by atoms with Gasteiger partial charge < -0.3 is 28.0 Å². The van der Waals surface area contributed by atoms with Crippen LogP contribution in [-0.4, -0.2) is 119 Å². The van der Waals surface area contributed by atoms with Gasteiger partial charge in [-0.2, -0.15) is 0 Å². The van der Waals surface area contributed by atoms with Crippen LogP contribution in [0.15, 0.2) is 103 Å². The maximum atomic E-state index is 12.1. The molecule has 0 aliphatic rings. The summed E-state index contributed by atoms with van der Waals surface area (Å²) < 4.78 is 98.4. The summed E-state index contributed by atoms with van der Waals surface area (Å²) in [6, 6.07) is 33.5. The topological polar surface area (TPSA) is 241 Å². The van der Waals surface area contributed by atoms with E-state index in [0.717, 1.165) is 55.5 Å². The molecule has 3 atom stereocenters. The summed E-state index contributed by atoms with van der Waals surface area (Å²) in [7, 11) is 3.78. The van der Waals surface area contributed by atoms with Crippen molar-refractivity contribution in [2.45, 2.75) is 66.7 Å². The van der Waals surface area contributed by atoms with Gasteiger partial charge in [0.1, 0.15) is 0 Å². The largest absolute Gasteiger partial charge is 0.760 e. The summed E-state index contributed by atoms with van der Waals surface area (Å²) in [5, 5.41) is 0. The molecule has 20 heteroatoms. The number of aryl methyl sites for hydroxylation is 3. The lowest BCUT2D eigenvalue weighted by Gasteiger charge is -2.10. The Morgan fingerprint density at radius 1 is 0.627 bits per heavy atom. The Labute approximate surface area is 409 Å². The van der Waals surface area contributed by atoms with Gasteiger partial charge in [-0.25, -0.2) is 22.6 Å². The molecule has 0 aromatic heterocycles. The minimum atomic E-state index is -3.15. The van der Waals surface area contributed by atoms with E-state index in [2.05, 4.69) is 87.2 Å². The molecule has 0 saturated carbocycles. The van der Waals surface area contributed by atoms with E-state index in [9.17, 15) is 39.5 Å². The summed E-state index contributed by atoms with van der Waals surface area (Å²) in [5.41, 5.74) is 7.41. The van der Waals surface area contributed by atoms with E-state index in [-0.39, 0.29) is 5.78 Å². The standard InChI is InChI=1S/C15H14O.C12H18.C9H13NO2S.C5H14N2O2S.2C3H9NO3S/c1-2-12-7-6-10-14(11-12)15(16)13-8-4-3-5-9-13;1-4-11-5-7-12(8-6-11)9-10(2)3;1-3-8-4-6-9(7-5-8)10-13(2,11)12;1-7(2)5-3-4-6-10(8)9;2*1-7-3-2-4-8(5)6/h3-11H,2H2,1H3;5-8,10H,4,9H2,1-3H3;4-7,10H,3H2,1-2H3;6H,3-5H2,1-2H3,(H,8,9);2*4H,2-3H2,1H3,(H,5,6)/p-3. The molecule has 16 nitrogen and oxygen atoms in total. The van der Waals surface area contributed by atoms with Crippen molar-refractivity contribution in [3.05, 3.63) is 137 Å². The highest BCUT2D eigenvalue weighted by atomic mass is 32.2. The predicted octanol–water partition coefficient (Wildman–Crippen LogP) is 5.90. The average Bonchev–Trinajstić information content (AvgIpc) is 3.29. The normalized spacial score (nSPS) is 11.9. The number of rotatable bonds is 22. The molecule has 0 spiro atoms. The zero-order chi connectivity index (χ0) is 51.0. The number of hydrogen-bond donors (Lipinski definition) is 4. The molecule has 4 N–H and O–H groups in total. The van der Waals surface area contributed by atoms with Crippen LogP contribution >= 0.6 is 0 Å². The SMILES string of the molecule is CCc1ccc(CC(C)C)cc1.CCc1ccc(NS(C)(=O)=O)cc1.CCc1cccc(C(=O)c2ccccc2)c1.CN(C)CCCNS(=O)[O-].COCCNS(=O)[O-].COCCNS(=O)[O-]. The highest BCUT2D eigenvalue weighted by Crippen LogP contribution is 2.13. The van der Waals surface area contributed by atoms with Gasteiger partial charge in [-0.05, 0) is 99.1 Å². The molecule has 4 aromatic rings. The third-order valence-electron chi connectivity index (χ3n) is 8.43. The lowest BCUT2D eigenvalue weighted by molar-refractivity contribution is 0.103. The number of nitrogens with zero attached hydrogens (tertiary/aromatic N) is 1. The molecular weight excluding hydrogens is 939 g/mol. The van der Waals surface area contributed by atoms with Crippen molar-refractivity contribution in [3.8, 4) is 0 Å². The fourth-order valence-electron chi connectivity index (χ4n) is 5.10. The summed E-state index contributed by atoms with van der Waals surface area (Å²) in [5.74, 6) is 0.855. The van der Waals surface area contributed by atoms with Gasteiger partial charge in [0.25, 0.3) is 0 Å². The molecule has 4 aromatic carbocycles. The number of sulfonamides is 1. The molecule has 3 unspecified atom stereocenters. The van der Waals surface area contributed by atoms with E-state index in [1.54, 1.807) is 12.1 Å². The predicted molar refractivity (Wildman–Crippen MR) is 272 cm³/mol. The van der Waals surface area contributed by atoms with E-state index in [0.29, 0.717) is 38.5 Å². The van der Waals surface area contributed by atoms with Crippen molar-refractivity contribution in [2.24, 2.45) is 5.92 Å². The van der Waals surface area contributed by atoms with Crippen LogP contribution in [0.2, 0.25) is 0 Å². The molecule has 4 rings (SSSR count). The molecule has 0 aliphatic heterocycles. The highest BCUT2D eigenvalue weighted by molar-refractivity contribution is 7.92. The summed E-state index contributed by atoms with van der Waals surface area (Å²) in [6.07, 6.45) is 6.24.